The molecule has 0 atom stereocenters. The average Bonchev–Trinajstić information content (AvgIpc) is 2.15. The maximum absolute atomic E-state index is 11.8. The first-order valence-electron chi connectivity index (χ1n) is 5.43. The van der Waals surface area contributed by atoms with E-state index in [1.165, 1.54) is 0 Å². The van der Waals surface area contributed by atoms with Gasteiger partial charge in [0.2, 0.25) is 0 Å². The second kappa shape index (κ2) is 6.14. The third-order valence-corrected chi connectivity index (χ3v) is 2.83. The molecule has 0 aliphatic carbocycles. The summed E-state index contributed by atoms with van der Waals surface area (Å²) >= 11 is 0. The van der Waals surface area contributed by atoms with E-state index in [0.717, 1.165) is 25.8 Å². The van der Waals surface area contributed by atoms with Crippen LogP contribution in [-0.2, 0) is 4.79 Å². The highest BCUT2D eigenvalue weighted by Gasteiger charge is 2.28. The molecule has 0 aromatic carbocycles. The second-order valence-corrected chi connectivity index (χ2v) is 4.19. The standard InChI is InChI=1S/C11H24N2O/c1-5-11(12,6-2)10(14)8-7-9-13(3)4/h5-9,12H2,1-4H3. The topological polar surface area (TPSA) is 46.3 Å². The molecule has 0 aliphatic rings. The van der Waals surface area contributed by atoms with Crippen LogP contribution in [0.4, 0.5) is 0 Å². The number of hydrogen-bond acceptors (Lipinski definition) is 3. The summed E-state index contributed by atoms with van der Waals surface area (Å²) in [5.74, 6) is 0.212. The van der Waals surface area contributed by atoms with Gasteiger partial charge < -0.3 is 10.6 Å². The minimum absolute atomic E-state index is 0.212. The molecule has 0 aliphatic heterocycles. The molecule has 14 heavy (non-hydrogen) atoms. The number of rotatable bonds is 7. The highest BCUT2D eigenvalue weighted by atomic mass is 16.1. The predicted octanol–water partition coefficient (Wildman–Crippen LogP) is 1.41. The molecule has 0 amide bonds. The Morgan fingerprint density at radius 1 is 1.29 bits per heavy atom. The van der Waals surface area contributed by atoms with Gasteiger partial charge in [0.1, 0.15) is 0 Å². The molecule has 0 heterocycles. The lowest BCUT2D eigenvalue weighted by Gasteiger charge is -2.25. The first-order chi connectivity index (χ1) is 6.46. The molecule has 0 fully saturated rings. The van der Waals surface area contributed by atoms with E-state index in [4.69, 9.17) is 5.73 Å². The SMILES string of the molecule is CCC(N)(CC)C(=O)CCCN(C)C. The van der Waals surface area contributed by atoms with E-state index in [1.807, 2.05) is 27.9 Å². The van der Waals surface area contributed by atoms with E-state index < -0.39 is 5.54 Å². The minimum atomic E-state index is -0.577. The third kappa shape index (κ3) is 4.20. The van der Waals surface area contributed by atoms with Gasteiger partial charge in [-0.3, -0.25) is 4.79 Å². The van der Waals surface area contributed by atoms with Crippen molar-refractivity contribution in [3.05, 3.63) is 0 Å². The van der Waals surface area contributed by atoms with Crippen molar-refractivity contribution in [2.24, 2.45) is 5.73 Å². The Labute approximate surface area is 87.6 Å². The van der Waals surface area contributed by atoms with Crippen molar-refractivity contribution in [1.29, 1.82) is 0 Å². The van der Waals surface area contributed by atoms with Gasteiger partial charge in [-0.2, -0.15) is 0 Å². The zero-order valence-corrected chi connectivity index (χ0v) is 9.97. The van der Waals surface area contributed by atoms with Crippen molar-refractivity contribution in [3.8, 4) is 0 Å². The number of ketones is 1. The van der Waals surface area contributed by atoms with Crippen LogP contribution in [0.5, 0.6) is 0 Å². The van der Waals surface area contributed by atoms with Gasteiger partial charge in [0.05, 0.1) is 5.54 Å². The van der Waals surface area contributed by atoms with Crippen molar-refractivity contribution in [2.75, 3.05) is 20.6 Å². The van der Waals surface area contributed by atoms with Crippen LogP contribution in [0.25, 0.3) is 0 Å². The van der Waals surface area contributed by atoms with Crippen LogP contribution >= 0.6 is 0 Å². The molecule has 84 valence electrons. The Morgan fingerprint density at radius 2 is 1.79 bits per heavy atom. The number of nitrogens with two attached hydrogens (primary N) is 1. The molecule has 3 heteroatoms. The minimum Gasteiger partial charge on any atom is -0.319 e. The first kappa shape index (κ1) is 13.6. The van der Waals surface area contributed by atoms with Crippen LogP contribution in [0.15, 0.2) is 0 Å². The molecule has 0 saturated heterocycles. The average molecular weight is 200 g/mol. The number of carbonyl (C=O) groups excluding carboxylic acids is 1. The predicted molar refractivity (Wildman–Crippen MR) is 60.3 cm³/mol. The Balaban J connectivity index is 3.94. The van der Waals surface area contributed by atoms with Crippen LogP contribution in [0.2, 0.25) is 0 Å². The zero-order valence-electron chi connectivity index (χ0n) is 9.97. The van der Waals surface area contributed by atoms with E-state index in [9.17, 15) is 4.79 Å². The van der Waals surface area contributed by atoms with Crippen LogP contribution in [0.3, 0.4) is 0 Å². The van der Waals surface area contributed by atoms with Gasteiger partial charge in [0.25, 0.3) is 0 Å². The number of Topliss-reactive ketones (excluding diaryl/α,β-unsaturated/α-hetero) is 1. The molecule has 0 rings (SSSR count). The number of hydrogen-bond donors (Lipinski definition) is 1. The fourth-order valence-corrected chi connectivity index (χ4v) is 1.45. The summed E-state index contributed by atoms with van der Waals surface area (Å²) in [7, 11) is 4.03. The highest BCUT2D eigenvalue weighted by Crippen LogP contribution is 2.15. The molecule has 3 nitrogen and oxygen atoms in total. The Morgan fingerprint density at radius 3 is 2.14 bits per heavy atom. The molecule has 0 spiro atoms. The van der Waals surface area contributed by atoms with Gasteiger partial charge in [0, 0.05) is 6.42 Å². The summed E-state index contributed by atoms with van der Waals surface area (Å²) < 4.78 is 0. The molecular formula is C11H24N2O. The number of nitrogens with zero attached hydrogens (tertiary/aromatic N) is 1. The van der Waals surface area contributed by atoms with E-state index in [2.05, 4.69) is 4.90 Å². The summed E-state index contributed by atoms with van der Waals surface area (Å²) in [6.07, 6.45) is 3.00. The van der Waals surface area contributed by atoms with Gasteiger partial charge in [-0.1, -0.05) is 13.8 Å². The molecule has 0 aromatic rings. The van der Waals surface area contributed by atoms with Crippen LogP contribution in [0, 0.1) is 0 Å². The smallest absolute Gasteiger partial charge is 0.152 e. The Bertz CT molecular complexity index is 174. The lowest BCUT2D eigenvalue weighted by atomic mass is 9.87. The molecule has 0 saturated carbocycles. The molecule has 0 aromatic heterocycles. The maximum Gasteiger partial charge on any atom is 0.152 e. The molecular weight excluding hydrogens is 176 g/mol. The van der Waals surface area contributed by atoms with Crippen molar-refractivity contribution in [2.45, 2.75) is 45.1 Å². The molecule has 0 radical (unpaired) electrons. The van der Waals surface area contributed by atoms with Crippen molar-refractivity contribution >= 4 is 5.78 Å². The quantitative estimate of drug-likeness (QED) is 0.676. The van der Waals surface area contributed by atoms with E-state index in [1.54, 1.807) is 0 Å². The normalized spacial score (nSPS) is 12.1. The third-order valence-electron chi connectivity index (χ3n) is 2.83. The number of carbonyl (C=O) groups is 1. The van der Waals surface area contributed by atoms with Crippen LogP contribution in [0.1, 0.15) is 39.5 Å². The van der Waals surface area contributed by atoms with Gasteiger partial charge in [0.15, 0.2) is 5.78 Å². The maximum atomic E-state index is 11.8. The Hall–Kier alpha value is -0.410. The summed E-state index contributed by atoms with van der Waals surface area (Å²) in [6.45, 7) is 4.91. The van der Waals surface area contributed by atoms with Gasteiger partial charge in [-0.25, -0.2) is 0 Å². The summed E-state index contributed by atoms with van der Waals surface area (Å²) in [5, 5.41) is 0. The van der Waals surface area contributed by atoms with Crippen molar-refractivity contribution in [1.82, 2.24) is 4.90 Å². The lowest BCUT2D eigenvalue weighted by Crippen LogP contribution is -2.46. The molecule has 0 bridgehead atoms. The van der Waals surface area contributed by atoms with Gasteiger partial charge in [-0.05, 0) is 39.9 Å². The fourth-order valence-electron chi connectivity index (χ4n) is 1.45. The summed E-state index contributed by atoms with van der Waals surface area (Å²) in [5.41, 5.74) is 5.42. The van der Waals surface area contributed by atoms with Crippen molar-refractivity contribution in [3.63, 3.8) is 0 Å². The summed E-state index contributed by atoms with van der Waals surface area (Å²) in [4.78, 5) is 13.9. The summed E-state index contributed by atoms with van der Waals surface area (Å²) in [6, 6.07) is 0. The molecule has 2 N–H and O–H groups in total. The zero-order chi connectivity index (χ0) is 11.2. The van der Waals surface area contributed by atoms with Gasteiger partial charge in [-0.15, -0.1) is 0 Å². The van der Waals surface area contributed by atoms with Crippen molar-refractivity contribution < 1.29 is 4.79 Å². The second-order valence-electron chi connectivity index (χ2n) is 4.19. The van der Waals surface area contributed by atoms with Gasteiger partial charge >= 0.3 is 0 Å². The fraction of sp³-hybridized carbons (Fsp3) is 0.909. The van der Waals surface area contributed by atoms with Crippen LogP contribution < -0.4 is 5.73 Å². The first-order valence-corrected chi connectivity index (χ1v) is 5.43. The van der Waals surface area contributed by atoms with E-state index in [0.29, 0.717) is 6.42 Å². The van der Waals surface area contributed by atoms with Crippen LogP contribution in [-0.4, -0.2) is 36.9 Å². The van der Waals surface area contributed by atoms with E-state index in [-0.39, 0.29) is 5.78 Å². The highest BCUT2D eigenvalue weighted by molar-refractivity contribution is 5.88. The van der Waals surface area contributed by atoms with E-state index >= 15 is 0 Å². The molecule has 0 unspecified atom stereocenters. The lowest BCUT2D eigenvalue weighted by molar-refractivity contribution is -0.124. The Kier molecular flexibility index (Phi) is 5.96. The monoisotopic (exact) mass is 200 g/mol. The largest absolute Gasteiger partial charge is 0.319 e.